The molecule has 2 aliphatic heterocycles. The van der Waals surface area contributed by atoms with E-state index in [4.69, 9.17) is 21.4 Å². The van der Waals surface area contributed by atoms with E-state index in [1.54, 1.807) is 0 Å². The van der Waals surface area contributed by atoms with Crippen molar-refractivity contribution in [2.45, 2.75) is 13.5 Å². The minimum absolute atomic E-state index is 0.222. The van der Waals surface area contributed by atoms with Gasteiger partial charge in [-0.1, -0.05) is 60.1 Å². The Labute approximate surface area is 249 Å². The monoisotopic (exact) mass is 583 g/mol. The normalized spacial score (nSPS) is 16.8. The summed E-state index contributed by atoms with van der Waals surface area (Å²) in [6.45, 7) is 6.91. The molecular formula is C32H30ClN5O2S. The van der Waals surface area contributed by atoms with E-state index in [2.05, 4.69) is 39.1 Å². The second kappa shape index (κ2) is 12.3. The number of hydrogen-bond acceptors (Lipinski definition) is 6. The number of amides is 1. The highest BCUT2D eigenvalue weighted by atomic mass is 35.5. The summed E-state index contributed by atoms with van der Waals surface area (Å²) in [5, 5.41) is 6.16. The topological polar surface area (TPSA) is 63.0 Å². The highest BCUT2D eigenvalue weighted by Crippen LogP contribution is 2.36. The summed E-state index contributed by atoms with van der Waals surface area (Å²) in [6, 6.07) is 26.1. The number of aliphatic imine (C=N–C) groups is 1. The van der Waals surface area contributed by atoms with Crippen LogP contribution in [0.5, 0.6) is 5.75 Å². The first-order valence-electron chi connectivity index (χ1n) is 13.7. The molecule has 0 saturated carbocycles. The third-order valence-corrected chi connectivity index (χ3v) is 8.40. The van der Waals surface area contributed by atoms with Gasteiger partial charge in [0.05, 0.1) is 22.2 Å². The smallest absolute Gasteiger partial charge is 0.286 e. The van der Waals surface area contributed by atoms with Crippen molar-refractivity contribution in [3.05, 3.63) is 106 Å². The molecule has 0 unspecified atom stereocenters. The Hall–Kier alpha value is -3.85. The molecule has 0 atom stereocenters. The molecule has 2 aliphatic rings. The van der Waals surface area contributed by atoms with Crippen LogP contribution in [-0.2, 0) is 11.3 Å². The summed E-state index contributed by atoms with van der Waals surface area (Å²) in [4.78, 5) is 22.7. The minimum Gasteiger partial charge on any atom is -0.492 e. The number of piperazine rings is 1. The average Bonchev–Trinajstić information content (AvgIpc) is 3.59. The quantitative estimate of drug-likeness (QED) is 0.235. The second-order valence-electron chi connectivity index (χ2n) is 9.85. The molecule has 0 spiro atoms. The van der Waals surface area contributed by atoms with E-state index >= 15 is 0 Å². The average molecular weight is 584 g/mol. The van der Waals surface area contributed by atoms with Gasteiger partial charge in [0.25, 0.3) is 5.91 Å². The van der Waals surface area contributed by atoms with Gasteiger partial charge in [0, 0.05) is 50.0 Å². The fraction of sp³-hybridized carbons (Fsp3) is 0.219. The first-order valence-corrected chi connectivity index (χ1v) is 14.9. The van der Waals surface area contributed by atoms with Crippen molar-refractivity contribution < 1.29 is 9.53 Å². The lowest BCUT2D eigenvalue weighted by Crippen LogP contribution is -2.47. The van der Waals surface area contributed by atoms with E-state index in [9.17, 15) is 4.79 Å². The number of para-hydroxylation sites is 1. The number of nitrogens with zero attached hydrogens (tertiary/aromatic N) is 5. The molecule has 1 amide bonds. The van der Waals surface area contributed by atoms with Crippen LogP contribution in [0, 0.1) is 0 Å². The molecule has 6 rings (SSSR count). The molecule has 9 heteroatoms. The summed E-state index contributed by atoms with van der Waals surface area (Å²) in [6.07, 6.45) is 3.83. The number of halogens is 1. The predicted octanol–water partition coefficient (Wildman–Crippen LogP) is 6.38. The van der Waals surface area contributed by atoms with Crippen LogP contribution in [0.1, 0.15) is 18.1 Å². The molecule has 1 fully saturated rings. The standard InChI is InChI=1S/C32H30ClN5O2S/c1-2-40-28-14-13-24(19-27(28)33)30-25(22-38(35-30)26-11-7-4-8-12-26)20-29-31(39)34-32(41-29)37-17-15-36(16-18-37)21-23-9-5-3-6-10-23/h3-14,19-20,22H,2,15-18,21H2,1H3. The second-order valence-corrected chi connectivity index (χ2v) is 11.3. The highest BCUT2D eigenvalue weighted by molar-refractivity contribution is 8.18. The van der Waals surface area contributed by atoms with Crippen LogP contribution >= 0.6 is 23.4 Å². The van der Waals surface area contributed by atoms with Crippen molar-refractivity contribution in [1.82, 2.24) is 19.6 Å². The SMILES string of the molecule is CCOc1ccc(-c2nn(-c3ccccc3)cc2C=C2SC(N3CCN(Cc4ccccc4)CC3)=NC2=O)cc1Cl. The van der Waals surface area contributed by atoms with Crippen molar-refractivity contribution in [1.29, 1.82) is 0 Å². The zero-order chi connectivity index (χ0) is 28.2. The lowest BCUT2D eigenvalue weighted by atomic mass is 10.1. The van der Waals surface area contributed by atoms with Crippen LogP contribution in [0.4, 0.5) is 0 Å². The molecule has 3 heterocycles. The molecule has 1 aromatic heterocycles. The van der Waals surface area contributed by atoms with Gasteiger partial charge >= 0.3 is 0 Å². The molecule has 4 aromatic rings. The molecule has 0 bridgehead atoms. The molecule has 208 valence electrons. The summed E-state index contributed by atoms with van der Waals surface area (Å²) in [5.41, 5.74) is 4.61. The first-order chi connectivity index (χ1) is 20.1. The Morgan fingerprint density at radius 3 is 2.41 bits per heavy atom. The Kier molecular flexibility index (Phi) is 8.23. The van der Waals surface area contributed by atoms with Gasteiger partial charge in [-0.15, -0.1) is 0 Å². The third kappa shape index (κ3) is 6.25. The molecule has 1 saturated heterocycles. The lowest BCUT2D eigenvalue weighted by molar-refractivity contribution is -0.113. The van der Waals surface area contributed by atoms with Gasteiger partial charge in [0.2, 0.25) is 0 Å². The Morgan fingerprint density at radius 2 is 1.71 bits per heavy atom. The summed E-state index contributed by atoms with van der Waals surface area (Å²) < 4.78 is 7.44. The highest BCUT2D eigenvalue weighted by Gasteiger charge is 2.29. The summed E-state index contributed by atoms with van der Waals surface area (Å²) >= 11 is 7.96. The van der Waals surface area contributed by atoms with Crippen LogP contribution in [-0.4, -0.2) is 63.4 Å². The number of hydrogen-bond donors (Lipinski definition) is 0. The van der Waals surface area contributed by atoms with Gasteiger partial charge in [0.1, 0.15) is 11.4 Å². The number of carbonyl (C=O) groups excluding carboxylic acids is 1. The minimum atomic E-state index is -0.222. The fourth-order valence-electron chi connectivity index (χ4n) is 4.96. The molecule has 0 aliphatic carbocycles. The molecular weight excluding hydrogens is 554 g/mol. The van der Waals surface area contributed by atoms with Gasteiger partial charge in [-0.25, -0.2) is 4.68 Å². The Morgan fingerprint density at radius 1 is 0.976 bits per heavy atom. The van der Waals surface area contributed by atoms with Crippen molar-refractivity contribution in [2.75, 3.05) is 32.8 Å². The molecule has 7 nitrogen and oxygen atoms in total. The van der Waals surface area contributed by atoms with E-state index in [-0.39, 0.29) is 5.91 Å². The molecule has 3 aromatic carbocycles. The Bertz CT molecular complexity index is 1600. The molecule has 41 heavy (non-hydrogen) atoms. The van der Waals surface area contributed by atoms with Gasteiger partial charge < -0.3 is 9.64 Å². The number of amidine groups is 1. The van der Waals surface area contributed by atoms with Gasteiger partial charge in [-0.3, -0.25) is 9.69 Å². The molecule has 0 N–H and O–H groups in total. The van der Waals surface area contributed by atoms with E-state index in [1.807, 2.05) is 78.5 Å². The zero-order valence-electron chi connectivity index (χ0n) is 22.7. The maximum absolute atomic E-state index is 13.1. The van der Waals surface area contributed by atoms with Crippen LogP contribution in [0.3, 0.4) is 0 Å². The van der Waals surface area contributed by atoms with Crippen LogP contribution in [0.25, 0.3) is 23.0 Å². The van der Waals surface area contributed by atoms with Crippen molar-refractivity contribution in [3.63, 3.8) is 0 Å². The maximum atomic E-state index is 13.1. The number of carbonyl (C=O) groups is 1. The van der Waals surface area contributed by atoms with Gasteiger partial charge in [-0.2, -0.15) is 10.1 Å². The number of benzene rings is 3. The van der Waals surface area contributed by atoms with Crippen molar-refractivity contribution >= 4 is 40.5 Å². The molecule has 0 radical (unpaired) electrons. The summed E-state index contributed by atoms with van der Waals surface area (Å²) in [5.74, 6) is 0.406. The number of aromatic nitrogens is 2. The van der Waals surface area contributed by atoms with Gasteiger partial charge in [-0.05, 0) is 60.7 Å². The van der Waals surface area contributed by atoms with Crippen LogP contribution < -0.4 is 4.74 Å². The largest absolute Gasteiger partial charge is 0.492 e. The van der Waals surface area contributed by atoms with E-state index in [1.165, 1.54) is 17.3 Å². The summed E-state index contributed by atoms with van der Waals surface area (Å²) in [7, 11) is 0. The number of rotatable bonds is 7. The first kappa shape index (κ1) is 27.3. The van der Waals surface area contributed by atoms with Crippen LogP contribution in [0.2, 0.25) is 5.02 Å². The van der Waals surface area contributed by atoms with Gasteiger partial charge in [0.15, 0.2) is 5.17 Å². The lowest BCUT2D eigenvalue weighted by Gasteiger charge is -2.35. The number of ether oxygens (including phenoxy) is 1. The fourth-order valence-corrected chi connectivity index (χ4v) is 6.16. The van der Waals surface area contributed by atoms with Crippen molar-refractivity contribution in [3.8, 4) is 22.7 Å². The zero-order valence-corrected chi connectivity index (χ0v) is 24.3. The van der Waals surface area contributed by atoms with Crippen molar-refractivity contribution in [2.24, 2.45) is 4.99 Å². The van der Waals surface area contributed by atoms with E-state index in [0.717, 1.165) is 60.4 Å². The van der Waals surface area contributed by atoms with E-state index in [0.29, 0.717) is 22.3 Å². The van der Waals surface area contributed by atoms with E-state index < -0.39 is 0 Å². The number of thioether (sulfide) groups is 1. The van der Waals surface area contributed by atoms with Crippen LogP contribution in [0.15, 0.2) is 95.0 Å². The third-order valence-electron chi connectivity index (χ3n) is 7.06. The maximum Gasteiger partial charge on any atom is 0.286 e. The Balaban J connectivity index is 1.22. The predicted molar refractivity (Wildman–Crippen MR) is 166 cm³/mol.